The van der Waals surface area contributed by atoms with Crippen LogP contribution in [0.15, 0.2) is 188 Å². The van der Waals surface area contributed by atoms with Crippen molar-refractivity contribution in [3.63, 3.8) is 0 Å². The van der Waals surface area contributed by atoms with Crippen LogP contribution in [-0.2, 0) is 5.41 Å². The topological polar surface area (TPSA) is 15.7 Å². The molecule has 3 heterocycles. The molecule has 4 aliphatic rings. The van der Waals surface area contributed by atoms with Gasteiger partial charge in [-0.25, -0.2) is 0 Å². The van der Waals surface area contributed by atoms with Gasteiger partial charge >= 0.3 is 0 Å². The molecule has 3 aliphatic heterocycles. The maximum Gasteiger partial charge on any atom is 0.168 e. The Morgan fingerprint density at radius 1 is 0.473 bits per heavy atom. The quantitative estimate of drug-likeness (QED) is 0.165. The SMILES string of the molecule is CC[Si]12c3c4cccc3N(c3ccccc3)c3cccc(c31)N(c1ccccc1)c1cc3c(c(c12)O4)-c1ccccc1C3(c1ccccc1)c1ccccc1. The molecule has 0 bridgehead atoms. The zero-order chi connectivity index (χ0) is 36.3. The molecule has 12 rings (SSSR count). The Balaban J connectivity index is 1.29. The van der Waals surface area contributed by atoms with Gasteiger partial charge < -0.3 is 14.5 Å². The van der Waals surface area contributed by atoms with Crippen LogP contribution >= 0.6 is 0 Å². The maximum atomic E-state index is 7.59. The number of benzene rings is 8. The minimum Gasteiger partial charge on any atom is -0.457 e. The predicted molar refractivity (Wildman–Crippen MR) is 228 cm³/mol. The van der Waals surface area contributed by atoms with E-state index < -0.39 is 13.5 Å². The summed E-state index contributed by atoms with van der Waals surface area (Å²) >= 11 is 0. The Bertz CT molecular complexity index is 2800. The van der Waals surface area contributed by atoms with Crippen molar-refractivity contribution in [2.45, 2.75) is 18.4 Å². The van der Waals surface area contributed by atoms with Gasteiger partial charge in [0.25, 0.3) is 0 Å². The second-order valence-corrected chi connectivity index (χ2v) is 19.1. The molecule has 0 spiro atoms. The molecule has 260 valence electrons. The molecule has 8 aromatic carbocycles. The molecule has 0 saturated heterocycles. The largest absolute Gasteiger partial charge is 0.457 e. The van der Waals surface area contributed by atoms with Gasteiger partial charge in [-0.15, -0.1) is 0 Å². The number of hydrogen-bond donors (Lipinski definition) is 0. The van der Waals surface area contributed by atoms with E-state index in [1.54, 1.807) is 0 Å². The van der Waals surface area contributed by atoms with Crippen molar-refractivity contribution in [2.75, 3.05) is 9.80 Å². The van der Waals surface area contributed by atoms with E-state index in [2.05, 4.69) is 205 Å². The van der Waals surface area contributed by atoms with E-state index in [0.29, 0.717) is 0 Å². The summed E-state index contributed by atoms with van der Waals surface area (Å²) in [5.41, 5.74) is 14.3. The fourth-order valence-corrected chi connectivity index (χ4v) is 16.2. The molecule has 0 N–H and O–H groups in total. The number of ether oxygens (including phenoxy) is 1. The molecule has 1 atom stereocenters. The van der Waals surface area contributed by atoms with Gasteiger partial charge in [0.1, 0.15) is 11.5 Å². The van der Waals surface area contributed by atoms with E-state index in [1.165, 1.54) is 71.7 Å². The molecule has 8 aromatic rings. The molecule has 0 aromatic heterocycles. The van der Waals surface area contributed by atoms with Crippen molar-refractivity contribution in [1.82, 2.24) is 0 Å². The summed E-state index contributed by atoms with van der Waals surface area (Å²) in [6, 6.07) is 70.5. The highest BCUT2D eigenvalue weighted by Crippen LogP contribution is 2.62. The van der Waals surface area contributed by atoms with E-state index >= 15 is 0 Å². The van der Waals surface area contributed by atoms with E-state index in [0.717, 1.165) is 28.9 Å². The van der Waals surface area contributed by atoms with Crippen molar-refractivity contribution >= 4 is 57.8 Å². The summed E-state index contributed by atoms with van der Waals surface area (Å²) in [6.07, 6.45) is 0. The lowest BCUT2D eigenvalue weighted by Crippen LogP contribution is -2.74. The number of fused-ring (bicyclic) bond motifs is 4. The highest BCUT2D eigenvalue weighted by molar-refractivity contribution is 7.16. The zero-order valence-corrected chi connectivity index (χ0v) is 31.4. The molecule has 1 aliphatic carbocycles. The normalized spacial score (nSPS) is 17.2. The average Bonchev–Trinajstić information content (AvgIpc) is 3.56. The number of anilines is 6. The fourth-order valence-electron chi connectivity index (χ4n) is 10.8. The first-order chi connectivity index (χ1) is 27.3. The third-order valence-electron chi connectivity index (χ3n) is 12.7. The molecule has 4 heteroatoms. The van der Waals surface area contributed by atoms with Crippen LogP contribution in [0.2, 0.25) is 6.04 Å². The summed E-state index contributed by atoms with van der Waals surface area (Å²) < 4.78 is 7.59. The summed E-state index contributed by atoms with van der Waals surface area (Å²) in [4.78, 5) is 5.04. The Morgan fingerprint density at radius 3 is 1.58 bits per heavy atom. The molecular formula is C51H36N2OSi. The van der Waals surface area contributed by atoms with Crippen molar-refractivity contribution in [2.24, 2.45) is 0 Å². The second-order valence-electron chi connectivity index (χ2n) is 15.1. The van der Waals surface area contributed by atoms with Gasteiger partial charge in [0.05, 0.1) is 11.1 Å². The van der Waals surface area contributed by atoms with Crippen LogP contribution in [0.25, 0.3) is 11.1 Å². The molecule has 0 saturated carbocycles. The molecule has 3 nitrogen and oxygen atoms in total. The first kappa shape index (κ1) is 30.8. The van der Waals surface area contributed by atoms with Crippen LogP contribution in [0.5, 0.6) is 11.5 Å². The number of para-hydroxylation sites is 2. The lowest BCUT2D eigenvalue weighted by atomic mass is 9.67. The van der Waals surface area contributed by atoms with Crippen molar-refractivity contribution < 1.29 is 4.74 Å². The van der Waals surface area contributed by atoms with Crippen molar-refractivity contribution in [3.8, 4) is 22.6 Å². The van der Waals surface area contributed by atoms with Crippen molar-refractivity contribution in [1.29, 1.82) is 0 Å². The van der Waals surface area contributed by atoms with Gasteiger partial charge in [-0.2, -0.15) is 0 Å². The van der Waals surface area contributed by atoms with Crippen molar-refractivity contribution in [3.05, 3.63) is 210 Å². The van der Waals surface area contributed by atoms with Crippen LogP contribution < -0.4 is 30.1 Å². The van der Waals surface area contributed by atoms with Gasteiger partial charge in [-0.05, 0) is 93.6 Å². The molecule has 1 unspecified atom stereocenters. The number of nitrogens with zero attached hydrogens (tertiary/aromatic N) is 2. The van der Waals surface area contributed by atoms with Crippen LogP contribution in [0.4, 0.5) is 34.1 Å². The number of hydrogen-bond acceptors (Lipinski definition) is 3. The zero-order valence-electron chi connectivity index (χ0n) is 30.4. The highest BCUT2D eigenvalue weighted by Gasteiger charge is 2.59. The summed E-state index contributed by atoms with van der Waals surface area (Å²) in [5, 5.41) is 4.23. The smallest absolute Gasteiger partial charge is 0.168 e. The summed E-state index contributed by atoms with van der Waals surface area (Å²) in [7, 11) is -2.75. The third kappa shape index (κ3) is 3.75. The van der Waals surface area contributed by atoms with E-state index in [1.807, 2.05) is 0 Å². The Labute approximate surface area is 322 Å². The third-order valence-corrected chi connectivity index (χ3v) is 17.8. The Kier molecular flexibility index (Phi) is 6.27. The fraction of sp³-hybridized carbons (Fsp3) is 0.0588. The minimum absolute atomic E-state index is 0.562. The van der Waals surface area contributed by atoms with Crippen LogP contribution in [0, 0.1) is 0 Å². The first-order valence-electron chi connectivity index (χ1n) is 19.3. The van der Waals surface area contributed by atoms with Gasteiger partial charge in [0.2, 0.25) is 0 Å². The Hall–Kier alpha value is -6.62. The van der Waals surface area contributed by atoms with Crippen LogP contribution in [0.3, 0.4) is 0 Å². The number of rotatable bonds is 5. The van der Waals surface area contributed by atoms with Crippen LogP contribution in [0.1, 0.15) is 29.2 Å². The van der Waals surface area contributed by atoms with E-state index in [9.17, 15) is 0 Å². The van der Waals surface area contributed by atoms with Gasteiger partial charge in [0.15, 0.2) is 8.07 Å². The first-order valence-corrected chi connectivity index (χ1v) is 21.6. The molecular weight excluding hydrogens is 685 g/mol. The average molecular weight is 721 g/mol. The summed E-state index contributed by atoms with van der Waals surface area (Å²) in [5.74, 6) is 2.02. The van der Waals surface area contributed by atoms with Gasteiger partial charge in [0, 0.05) is 44.4 Å². The van der Waals surface area contributed by atoms with Gasteiger partial charge in [-0.3, -0.25) is 0 Å². The maximum absolute atomic E-state index is 7.59. The molecule has 0 amide bonds. The van der Waals surface area contributed by atoms with E-state index in [-0.39, 0.29) is 0 Å². The second kappa shape index (κ2) is 11.2. The van der Waals surface area contributed by atoms with E-state index in [4.69, 9.17) is 4.74 Å². The lowest BCUT2D eigenvalue weighted by Gasteiger charge is -2.53. The standard InChI is InChI=1S/C51H36N2OSi/c1-2-55-48-41-29-17-30-42(48)53(37-25-13-6-14-26-37)44-33-40-46(47(50(44)55)54-45-32-18-31-43(49(45)55)52(41)36-23-11-5-12-24-36)38-27-15-16-28-39(38)51(40,34-19-7-3-8-20-34)35-21-9-4-10-22-35/h3-33H,2H2,1H3. The molecule has 0 fully saturated rings. The predicted octanol–water partition coefficient (Wildman–Crippen LogP) is 11.2. The highest BCUT2D eigenvalue weighted by atomic mass is 28.3. The molecule has 55 heavy (non-hydrogen) atoms. The molecule has 0 radical (unpaired) electrons. The van der Waals surface area contributed by atoms with Gasteiger partial charge in [-0.1, -0.05) is 140 Å². The lowest BCUT2D eigenvalue weighted by molar-refractivity contribution is 0.488. The minimum atomic E-state index is -2.75. The Morgan fingerprint density at radius 2 is 0.982 bits per heavy atom. The summed E-state index contributed by atoms with van der Waals surface area (Å²) in [6.45, 7) is 2.43. The van der Waals surface area contributed by atoms with Crippen LogP contribution in [-0.4, -0.2) is 8.07 Å². The monoisotopic (exact) mass is 720 g/mol.